The van der Waals surface area contributed by atoms with E-state index in [0.29, 0.717) is 6.42 Å². The first-order valence-corrected chi connectivity index (χ1v) is 7.20. The Bertz CT molecular complexity index is 599. The molecular weight excluding hydrogens is 256 g/mol. The molecule has 100 valence electrons. The van der Waals surface area contributed by atoms with Crippen molar-refractivity contribution in [3.8, 4) is 0 Å². The Labute approximate surface area is 117 Å². The van der Waals surface area contributed by atoms with Gasteiger partial charge in [0, 0.05) is 4.88 Å². The highest BCUT2D eigenvalue weighted by molar-refractivity contribution is 7.10. The summed E-state index contributed by atoms with van der Waals surface area (Å²) in [5.41, 5.74) is 4.27. The summed E-state index contributed by atoms with van der Waals surface area (Å²) >= 11 is 1.64. The van der Waals surface area contributed by atoms with Crippen molar-refractivity contribution in [1.29, 1.82) is 0 Å². The zero-order valence-corrected chi connectivity index (χ0v) is 12.3. The Morgan fingerprint density at radius 3 is 2.53 bits per heavy atom. The van der Waals surface area contributed by atoms with Crippen molar-refractivity contribution in [2.45, 2.75) is 33.1 Å². The number of benzene rings is 1. The predicted molar refractivity (Wildman–Crippen MR) is 79.1 cm³/mol. The summed E-state index contributed by atoms with van der Waals surface area (Å²) in [4.78, 5) is 12.8. The van der Waals surface area contributed by atoms with Crippen LogP contribution in [-0.2, 0) is 11.2 Å². The molecule has 2 nitrogen and oxygen atoms in total. The van der Waals surface area contributed by atoms with Gasteiger partial charge in [-0.2, -0.15) is 0 Å². The summed E-state index contributed by atoms with van der Waals surface area (Å²) in [6.45, 7) is 6.01. The molecule has 1 heterocycles. The van der Waals surface area contributed by atoms with Crippen molar-refractivity contribution < 1.29 is 9.90 Å². The van der Waals surface area contributed by atoms with Crippen LogP contribution in [0.1, 0.15) is 33.0 Å². The highest BCUT2D eigenvalue weighted by Gasteiger charge is 2.23. The Hall–Kier alpha value is -1.61. The van der Waals surface area contributed by atoms with Crippen molar-refractivity contribution in [3.05, 3.63) is 56.8 Å². The lowest BCUT2D eigenvalue weighted by atomic mass is 9.90. The number of carbonyl (C=O) groups is 1. The highest BCUT2D eigenvalue weighted by Crippen LogP contribution is 2.28. The van der Waals surface area contributed by atoms with Gasteiger partial charge in [-0.05, 0) is 55.3 Å². The number of carboxylic acid groups (broad SMARTS) is 1. The van der Waals surface area contributed by atoms with Crippen molar-refractivity contribution in [2.75, 3.05) is 0 Å². The van der Waals surface area contributed by atoms with Gasteiger partial charge >= 0.3 is 5.97 Å². The first-order chi connectivity index (χ1) is 8.99. The minimum absolute atomic E-state index is 0.461. The van der Waals surface area contributed by atoms with Gasteiger partial charge in [0.15, 0.2) is 0 Å². The molecule has 19 heavy (non-hydrogen) atoms. The van der Waals surface area contributed by atoms with Crippen LogP contribution < -0.4 is 0 Å². The Kier molecular flexibility index (Phi) is 4.05. The van der Waals surface area contributed by atoms with E-state index in [-0.39, 0.29) is 0 Å². The number of carboxylic acids is 1. The predicted octanol–water partition coefficient (Wildman–Crippen LogP) is 4.08. The SMILES string of the molecule is Cc1ccc(C)c(C(Cc2sccc2C)C(=O)O)c1. The molecule has 1 aromatic heterocycles. The van der Waals surface area contributed by atoms with Crippen molar-refractivity contribution >= 4 is 17.3 Å². The second kappa shape index (κ2) is 5.57. The van der Waals surface area contributed by atoms with Gasteiger partial charge in [0.25, 0.3) is 0 Å². The third-order valence-electron chi connectivity index (χ3n) is 3.47. The lowest BCUT2D eigenvalue weighted by Crippen LogP contribution is -2.15. The van der Waals surface area contributed by atoms with E-state index in [0.717, 1.165) is 21.6 Å². The van der Waals surface area contributed by atoms with Crippen LogP contribution in [0.15, 0.2) is 29.6 Å². The summed E-state index contributed by atoms with van der Waals surface area (Å²) in [6, 6.07) is 8.06. The number of hydrogen-bond donors (Lipinski definition) is 1. The maximum atomic E-state index is 11.6. The van der Waals surface area contributed by atoms with E-state index >= 15 is 0 Å². The second-order valence-electron chi connectivity index (χ2n) is 4.98. The first-order valence-electron chi connectivity index (χ1n) is 6.32. The van der Waals surface area contributed by atoms with Crippen LogP contribution in [0.2, 0.25) is 0 Å². The maximum Gasteiger partial charge on any atom is 0.311 e. The molecule has 0 spiro atoms. The molecule has 0 fully saturated rings. The molecule has 2 rings (SSSR count). The fraction of sp³-hybridized carbons (Fsp3) is 0.312. The molecule has 0 saturated carbocycles. The largest absolute Gasteiger partial charge is 0.481 e. The van der Waals surface area contributed by atoms with E-state index in [1.807, 2.05) is 50.4 Å². The minimum Gasteiger partial charge on any atom is -0.481 e. The minimum atomic E-state index is -0.749. The van der Waals surface area contributed by atoms with E-state index < -0.39 is 11.9 Å². The van der Waals surface area contributed by atoms with Gasteiger partial charge in [-0.15, -0.1) is 11.3 Å². The number of thiophene rings is 1. The van der Waals surface area contributed by atoms with Gasteiger partial charge in [-0.1, -0.05) is 23.8 Å². The molecule has 0 saturated heterocycles. The zero-order chi connectivity index (χ0) is 14.0. The average molecular weight is 274 g/mol. The smallest absolute Gasteiger partial charge is 0.311 e. The number of aliphatic carboxylic acids is 1. The molecule has 2 aromatic rings. The van der Waals surface area contributed by atoms with Crippen molar-refractivity contribution in [1.82, 2.24) is 0 Å². The number of aryl methyl sites for hydroxylation is 3. The van der Waals surface area contributed by atoms with Crippen LogP contribution in [0.4, 0.5) is 0 Å². The van der Waals surface area contributed by atoms with Gasteiger partial charge in [0.05, 0.1) is 5.92 Å². The zero-order valence-electron chi connectivity index (χ0n) is 11.4. The average Bonchev–Trinajstić information content (AvgIpc) is 2.75. The van der Waals surface area contributed by atoms with E-state index in [1.165, 1.54) is 5.56 Å². The van der Waals surface area contributed by atoms with E-state index in [4.69, 9.17) is 0 Å². The second-order valence-corrected chi connectivity index (χ2v) is 5.98. The summed E-state index contributed by atoms with van der Waals surface area (Å²) in [6.07, 6.45) is 0.573. The lowest BCUT2D eigenvalue weighted by Gasteiger charge is -2.16. The van der Waals surface area contributed by atoms with Crippen molar-refractivity contribution in [2.24, 2.45) is 0 Å². The van der Waals surface area contributed by atoms with Crippen molar-refractivity contribution in [3.63, 3.8) is 0 Å². The molecular formula is C16H18O2S. The van der Waals surface area contributed by atoms with Gasteiger partial charge < -0.3 is 5.11 Å². The quantitative estimate of drug-likeness (QED) is 0.912. The van der Waals surface area contributed by atoms with E-state index in [9.17, 15) is 9.90 Å². The summed E-state index contributed by atoms with van der Waals surface area (Å²) in [7, 11) is 0. The van der Waals surface area contributed by atoms with Gasteiger partial charge in [-0.3, -0.25) is 4.79 Å². The number of hydrogen-bond acceptors (Lipinski definition) is 2. The summed E-state index contributed by atoms with van der Waals surface area (Å²) in [5.74, 6) is -1.21. The molecule has 1 atom stereocenters. The molecule has 1 N–H and O–H groups in total. The first kappa shape index (κ1) is 13.8. The molecule has 0 aliphatic heterocycles. The third-order valence-corrected chi connectivity index (χ3v) is 4.51. The van der Waals surface area contributed by atoms with Crippen LogP contribution in [0.25, 0.3) is 0 Å². The van der Waals surface area contributed by atoms with E-state index in [1.54, 1.807) is 11.3 Å². The Morgan fingerprint density at radius 2 is 1.95 bits per heavy atom. The van der Waals surface area contributed by atoms with Gasteiger partial charge in [0.1, 0.15) is 0 Å². The summed E-state index contributed by atoms with van der Waals surface area (Å²) in [5, 5.41) is 11.6. The molecule has 0 amide bonds. The third kappa shape index (κ3) is 3.04. The normalized spacial score (nSPS) is 12.4. The standard InChI is InChI=1S/C16H18O2S/c1-10-4-5-11(2)13(8-10)14(16(17)18)9-15-12(3)6-7-19-15/h4-8,14H,9H2,1-3H3,(H,17,18). The van der Waals surface area contributed by atoms with Crippen LogP contribution in [0.3, 0.4) is 0 Å². The molecule has 0 aliphatic rings. The molecule has 0 radical (unpaired) electrons. The molecule has 0 bridgehead atoms. The molecule has 3 heteroatoms. The number of rotatable bonds is 4. The summed E-state index contributed by atoms with van der Waals surface area (Å²) < 4.78 is 0. The fourth-order valence-corrected chi connectivity index (χ4v) is 3.22. The van der Waals surface area contributed by atoms with Crippen LogP contribution in [0.5, 0.6) is 0 Å². The van der Waals surface area contributed by atoms with Crippen LogP contribution >= 0.6 is 11.3 Å². The molecule has 1 unspecified atom stereocenters. The fourth-order valence-electron chi connectivity index (χ4n) is 2.26. The lowest BCUT2D eigenvalue weighted by molar-refractivity contribution is -0.138. The molecule has 1 aromatic carbocycles. The Morgan fingerprint density at radius 1 is 1.21 bits per heavy atom. The van der Waals surface area contributed by atoms with Gasteiger partial charge in [-0.25, -0.2) is 0 Å². The monoisotopic (exact) mass is 274 g/mol. The topological polar surface area (TPSA) is 37.3 Å². The molecule has 0 aliphatic carbocycles. The van der Waals surface area contributed by atoms with Gasteiger partial charge in [0.2, 0.25) is 0 Å². The highest BCUT2D eigenvalue weighted by atomic mass is 32.1. The van der Waals surface area contributed by atoms with Crippen LogP contribution in [0, 0.1) is 20.8 Å². The maximum absolute atomic E-state index is 11.6. The Balaban J connectivity index is 2.38. The van der Waals surface area contributed by atoms with E-state index in [2.05, 4.69) is 0 Å². The van der Waals surface area contributed by atoms with Crippen LogP contribution in [-0.4, -0.2) is 11.1 Å².